The van der Waals surface area contributed by atoms with Crippen LogP contribution in [0.1, 0.15) is 36.9 Å². The first-order valence-corrected chi connectivity index (χ1v) is 4.59. The van der Waals surface area contributed by atoms with Crippen LogP contribution in [-0.2, 0) is 0 Å². The molecule has 0 saturated heterocycles. The number of hydrogen-bond donors (Lipinski definition) is 3. The van der Waals surface area contributed by atoms with E-state index in [0.29, 0.717) is 5.92 Å². The highest BCUT2D eigenvalue weighted by molar-refractivity contribution is 5.64. The molecule has 1 aromatic heterocycles. The first-order chi connectivity index (χ1) is 6.16. The lowest BCUT2D eigenvalue weighted by Crippen LogP contribution is -1.91. The topological polar surface area (TPSA) is 67.8 Å². The summed E-state index contributed by atoms with van der Waals surface area (Å²) >= 11 is 0. The maximum absolute atomic E-state index is 5.80. The van der Waals surface area contributed by atoms with Gasteiger partial charge in [-0.1, -0.05) is 0 Å². The highest BCUT2D eigenvalue weighted by atomic mass is 14.9. The van der Waals surface area contributed by atoms with Gasteiger partial charge >= 0.3 is 0 Å². The summed E-state index contributed by atoms with van der Waals surface area (Å²) in [7, 11) is 0. The summed E-state index contributed by atoms with van der Waals surface area (Å²) in [5.41, 5.74) is 14.4. The Labute approximate surface area is 77.8 Å². The van der Waals surface area contributed by atoms with E-state index >= 15 is 0 Å². The molecule has 1 heterocycles. The predicted molar refractivity (Wildman–Crippen MR) is 55.0 cm³/mol. The van der Waals surface area contributed by atoms with Crippen LogP contribution in [0.3, 0.4) is 0 Å². The SMILES string of the molecule is C/C(N)=C/c1cc(C2CC2)[nH]c1N. The van der Waals surface area contributed by atoms with E-state index in [1.807, 2.05) is 13.0 Å². The summed E-state index contributed by atoms with van der Waals surface area (Å²) in [6.07, 6.45) is 4.47. The molecule has 0 aliphatic heterocycles. The molecule has 0 radical (unpaired) electrons. The second kappa shape index (κ2) is 2.83. The number of hydrogen-bond acceptors (Lipinski definition) is 2. The summed E-state index contributed by atoms with van der Waals surface area (Å²) in [4.78, 5) is 3.19. The van der Waals surface area contributed by atoms with Crippen LogP contribution in [0.25, 0.3) is 6.08 Å². The summed E-state index contributed by atoms with van der Waals surface area (Å²) < 4.78 is 0. The number of H-pyrrole nitrogens is 1. The van der Waals surface area contributed by atoms with Gasteiger partial charge in [0, 0.05) is 17.0 Å². The van der Waals surface area contributed by atoms with Gasteiger partial charge in [-0.25, -0.2) is 0 Å². The highest BCUT2D eigenvalue weighted by Gasteiger charge is 2.25. The fraction of sp³-hybridized carbons (Fsp3) is 0.400. The maximum atomic E-state index is 5.80. The van der Waals surface area contributed by atoms with Crippen molar-refractivity contribution in [2.45, 2.75) is 25.7 Å². The molecule has 0 unspecified atom stereocenters. The number of allylic oxidation sites excluding steroid dienone is 1. The standard InChI is InChI=1S/C10H15N3/c1-6(11)4-8-5-9(7-2-3-7)13-10(8)12/h4-5,7,13H,2-3,11-12H2,1H3/b6-4-. The van der Waals surface area contributed by atoms with Crippen LogP contribution in [0.15, 0.2) is 11.8 Å². The molecule has 3 nitrogen and oxygen atoms in total. The number of rotatable bonds is 2. The van der Waals surface area contributed by atoms with Crippen molar-refractivity contribution < 1.29 is 0 Å². The molecule has 0 atom stereocenters. The zero-order chi connectivity index (χ0) is 9.42. The van der Waals surface area contributed by atoms with Gasteiger partial charge in [-0.15, -0.1) is 0 Å². The van der Waals surface area contributed by atoms with Crippen LogP contribution in [-0.4, -0.2) is 4.98 Å². The van der Waals surface area contributed by atoms with E-state index in [4.69, 9.17) is 11.5 Å². The molecule has 2 rings (SSSR count). The fourth-order valence-corrected chi connectivity index (χ4v) is 1.49. The second-order valence-electron chi connectivity index (χ2n) is 3.76. The first kappa shape index (κ1) is 8.23. The molecule has 0 amide bonds. The van der Waals surface area contributed by atoms with Gasteiger partial charge in [-0.05, 0) is 37.8 Å². The summed E-state index contributed by atoms with van der Waals surface area (Å²) in [6, 6.07) is 2.10. The molecule has 1 aromatic rings. The molecule has 70 valence electrons. The van der Waals surface area contributed by atoms with Crippen molar-refractivity contribution in [1.29, 1.82) is 0 Å². The number of anilines is 1. The van der Waals surface area contributed by atoms with E-state index in [9.17, 15) is 0 Å². The Bertz CT molecular complexity index is 341. The van der Waals surface area contributed by atoms with Crippen molar-refractivity contribution >= 4 is 11.9 Å². The third-order valence-corrected chi connectivity index (χ3v) is 2.30. The van der Waals surface area contributed by atoms with Crippen LogP contribution in [0.5, 0.6) is 0 Å². The minimum absolute atomic E-state index is 0.711. The summed E-state index contributed by atoms with van der Waals surface area (Å²) in [5, 5.41) is 0. The third-order valence-electron chi connectivity index (χ3n) is 2.30. The van der Waals surface area contributed by atoms with Crippen molar-refractivity contribution in [2.75, 3.05) is 5.73 Å². The smallest absolute Gasteiger partial charge is 0.108 e. The average molecular weight is 177 g/mol. The summed E-state index contributed by atoms with van der Waals surface area (Å²) in [6.45, 7) is 1.86. The van der Waals surface area contributed by atoms with Gasteiger partial charge in [0.25, 0.3) is 0 Å². The minimum Gasteiger partial charge on any atom is -0.402 e. The zero-order valence-electron chi connectivity index (χ0n) is 7.80. The van der Waals surface area contributed by atoms with Crippen molar-refractivity contribution in [2.24, 2.45) is 5.73 Å². The summed E-state index contributed by atoms with van der Waals surface area (Å²) in [5.74, 6) is 1.44. The van der Waals surface area contributed by atoms with Crippen LogP contribution >= 0.6 is 0 Å². The van der Waals surface area contributed by atoms with Crippen LogP contribution in [0, 0.1) is 0 Å². The highest BCUT2D eigenvalue weighted by Crippen LogP contribution is 2.40. The normalized spacial score (nSPS) is 17.8. The molecule has 3 heteroatoms. The van der Waals surface area contributed by atoms with Crippen molar-refractivity contribution in [3.8, 4) is 0 Å². The van der Waals surface area contributed by atoms with Gasteiger partial charge < -0.3 is 16.5 Å². The van der Waals surface area contributed by atoms with Gasteiger partial charge in [0.05, 0.1) is 0 Å². The van der Waals surface area contributed by atoms with Crippen molar-refractivity contribution in [3.05, 3.63) is 23.0 Å². The van der Waals surface area contributed by atoms with Gasteiger partial charge in [-0.3, -0.25) is 0 Å². The Morgan fingerprint density at radius 2 is 2.31 bits per heavy atom. The molecular formula is C10H15N3. The van der Waals surface area contributed by atoms with E-state index in [1.165, 1.54) is 18.5 Å². The molecule has 0 aromatic carbocycles. The number of nitrogen functional groups attached to an aromatic ring is 1. The molecular weight excluding hydrogens is 162 g/mol. The Balaban J connectivity index is 2.29. The number of aromatic amines is 1. The van der Waals surface area contributed by atoms with E-state index in [2.05, 4.69) is 11.1 Å². The van der Waals surface area contributed by atoms with E-state index in [0.717, 1.165) is 17.1 Å². The van der Waals surface area contributed by atoms with Crippen LogP contribution < -0.4 is 11.5 Å². The van der Waals surface area contributed by atoms with E-state index in [1.54, 1.807) is 0 Å². The Kier molecular flexibility index (Phi) is 1.79. The molecule has 13 heavy (non-hydrogen) atoms. The van der Waals surface area contributed by atoms with E-state index < -0.39 is 0 Å². The molecule has 1 aliphatic rings. The molecule has 1 fully saturated rings. The van der Waals surface area contributed by atoms with Crippen LogP contribution in [0.4, 0.5) is 5.82 Å². The number of nitrogens with one attached hydrogen (secondary N) is 1. The Morgan fingerprint density at radius 1 is 1.62 bits per heavy atom. The second-order valence-corrected chi connectivity index (χ2v) is 3.76. The Morgan fingerprint density at radius 3 is 2.85 bits per heavy atom. The molecule has 0 bridgehead atoms. The monoisotopic (exact) mass is 177 g/mol. The van der Waals surface area contributed by atoms with Crippen molar-refractivity contribution in [1.82, 2.24) is 4.98 Å². The van der Waals surface area contributed by atoms with Gasteiger partial charge in [-0.2, -0.15) is 0 Å². The average Bonchev–Trinajstić information content (AvgIpc) is 2.79. The van der Waals surface area contributed by atoms with Crippen LogP contribution in [0.2, 0.25) is 0 Å². The minimum atomic E-state index is 0.711. The van der Waals surface area contributed by atoms with Gasteiger partial charge in [0.2, 0.25) is 0 Å². The van der Waals surface area contributed by atoms with Gasteiger partial charge in [0.1, 0.15) is 5.82 Å². The zero-order valence-corrected chi connectivity index (χ0v) is 7.80. The fourth-order valence-electron chi connectivity index (χ4n) is 1.49. The molecule has 1 aliphatic carbocycles. The van der Waals surface area contributed by atoms with E-state index in [-0.39, 0.29) is 0 Å². The first-order valence-electron chi connectivity index (χ1n) is 4.59. The lowest BCUT2D eigenvalue weighted by molar-refractivity contribution is 1.05. The van der Waals surface area contributed by atoms with Gasteiger partial charge in [0.15, 0.2) is 0 Å². The lowest BCUT2D eigenvalue weighted by Gasteiger charge is -1.91. The van der Waals surface area contributed by atoms with Crippen molar-refractivity contribution in [3.63, 3.8) is 0 Å². The lowest BCUT2D eigenvalue weighted by atomic mass is 10.2. The Hall–Kier alpha value is -1.38. The predicted octanol–water partition coefficient (Wildman–Crippen LogP) is 1.79. The third kappa shape index (κ3) is 1.69. The quantitative estimate of drug-likeness (QED) is 0.644. The molecule has 1 saturated carbocycles. The number of aromatic nitrogens is 1. The number of nitrogens with two attached hydrogens (primary N) is 2. The largest absolute Gasteiger partial charge is 0.402 e. The molecule has 0 spiro atoms. The molecule has 5 N–H and O–H groups in total. The maximum Gasteiger partial charge on any atom is 0.108 e.